The second-order valence-corrected chi connectivity index (χ2v) is 5.79. The van der Waals surface area contributed by atoms with Crippen molar-refractivity contribution in [3.05, 3.63) is 57.0 Å². The van der Waals surface area contributed by atoms with E-state index in [1.165, 1.54) is 0 Å². The number of rotatable bonds is 5. The van der Waals surface area contributed by atoms with Crippen LogP contribution in [0.1, 0.15) is 18.1 Å². The van der Waals surface area contributed by atoms with Crippen LogP contribution in [0.5, 0.6) is 5.75 Å². The minimum atomic E-state index is 0.682. The Morgan fingerprint density at radius 1 is 1.20 bits per heavy atom. The minimum Gasteiger partial charge on any atom is -0.494 e. The van der Waals surface area contributed by atoms with E-state index in [4.69, 9.17) is 16.3 Å². The van der Waals surface area contributed by atoms with Crippen LogP contribution in [0.3, 0.4) is 0 Å². The maximum absolute atomic E-state index is 6.02. The fraction of sp³-hybridized carbons (Fsp3) is 0.250. The van der Waals surface area contributed by atoms with Gasteiger partial charge in [0.15, 0.2) is 0 Å². The molecule has 2 rings (SSSR count). The first-order valence-corrected chi connectivity index (χ1v) is 7.68. The normalized spacial score (nSPS) is 10.4. The number of aryl methyl sites for hydroxylation is 1. The largest absolute Gasteiger partial charge is 0.494 e. The molecule has 0 saturated heterocycles. The third kappa shape index (κ3) is 3.90. The van der Waals surface area contributed by atoms with Crippen LogP contribution in [0.2, 0.25) is 5.02 Å². The molecule has 0 amide bonds. The van der Waals surface area contributed by atoms with Gasteiger partial charge in [0, 0.05) is 21.7 Å². The zero-order valence-electron chi connectivity index (χ0n) is 11.5. The number of hydrogen-bond acceptors (Lipinski definition) is 2. The molecule has 106 valence electrons. The topological polar surface area (TPSA) is 21.3 Å². The van der Waals surface area contributed by atoms with Crippen LogP contribution in [0, 0.1) is 6.92 Å². The maximum Gasteiger partial charge on any atom is 0.119 e. The summed E-state index contributed by atoms with van der Waals surface area (Å²) >= 11 is 9.56. The van der Waals surface area contributed by atoms with Gasteiger partial charge in [0.1, 0.15) is 5.75 Å². The smallest absolute Gasteiger partial charge is 0.119 e. The number of anilines is 1. The Bertz CT molecular complexity index is 601. The Balaban J connectivity index is 2.09. The first-order valence-electron chi connectivity index (χ1n) is 6.51. The Kier molecular flexibility index (Phi) is 5.32. The van der Waals surface area contributed by atoms with Crippen molar-refractivity contribution in [3.8, 4) is 5.75 Å². The monoisotopic (exact) mass is 353 g/mol. The van der Waals surface area contributed by atoms with Gasteiger partial charge in [-0.05, 0) is 61.4 Å². The van der Waals surface area contributed by atoms with E-state index in [0.29, 0.717) is 6.61 Å². The second-order valence-electron chi connectivity index (χ2n) is 4.50. The molecule has 1 N–H and O–H groups in total. The number of ether oxygens (including phenoxy) is 1. The molecule has 2 aromatic carbocycles. The van der Waals surface area contributed by atoms with Crippen molar-refractivity contribution >= 4 is 33.2 Å². The van der Waals surface area contributed by atoms with E-state index < -0.39 is 0 Å². The molecule has 20 heavy (non-hydrogen) atoms. The van der Waals surface area contributed by atoms with E-state index in [1.54, 1.807) is 0 Å². The fourth-order valence-electron chi connectivity index (χ4n) is 1.96. The van der Waals surface area contributed by atoms with E-state index in [-0.39, 0.29) is 0 Å². The highest BCUT2D eigenvalue weighted by molar-refractivity contribution is 9.10. The third-order valence-electron chi connectivity index (χ3n) is 2.99. The molecular weight excluding hydrogens is 338 g/mol. The first-order chi connectivity index (χ1) is 9.60. The average Bonchev–Trinajstić information content (AvgIpc) is 2.42. The first kappa shape index (κ1) is 15.2. The fourth-order valence-corrected chi connectivity index (χ4v) is 2.54. The van der Waals surface area contributed by atoms with Gasteiger partial charge in [-0.1, -0.05) is 27.5 Å². The van der Waals surface area contributed by atoms with Gasteiger partial charge in [-0.2, -0.15) is 0 Å². The molecule has 0 radical (unpaired) electrons. The summed E-state index contributed by atoms with van der Waals surface area (Å²) in [6.07, 6.45) is 0. The molecule has 0 unspecified atom stereocenters. The summed E-state index contributed by atoms with van der Waals surface area (Å²) in [4.78, 5) is 0. The van der Waals surface area contributed by atoms with Gasteiger partial charge in [-0.15, -0.1) is 0 Å². The highest BCUT2D eigenvalue weighted by Crippen LogP contribution is 2.25. The highest BCUT2D eigenvalue weighted by Gasteiger charge is 2.04. The van der Waals surface area contributed by atoms with Crippen LogP contribution in [-0.4, -0.2) is 6.61 Å². The van der Waals surface area contributed by atoms with Crippen LogP contribution in [0.25, 0.3) is 0 Å². The van der Waals surface area contributed by atoms with Gasteiger partial charge >= 0.3 is 0 Å². The zero-order chi connectivity index (χ0) is 14.5. The molecular formula is C16H17BrClNO. The van der Waals surface area contributed by atoms with Crippen molar-refractivity contribution in [2.24, 2.45) is 0 Å². The third-order valence-corrected chi connectivity index (χ3v) is 3.99. The summed E-state index contributed by atoms with van der Waals surface area (Å²) in [5.74, 6) is 0.902. The molecule has 0 aliphatic heterocycles. The Hall–Kier alpha value is -1.19. The second kappa shape index (κ2) is 7.00. The average molecular weight is 355 g/mol. The lowest BCUT2D eigenvalue weighted by Crippen LogP contribution is -2.02. The van der Waals surface area contributed by atoms with Gasteiger partial charge in [-0.25, -0.2) is 0 Å². The van der Waals surface area contributed by atoms with Gasteiger partial charge < -0.3 is 10.1 Å². The molecule has 0 heterocycles. The molecule has 0 saturated carbocycles. The molecule has 0 spiro atoms. The van der Waals surface area contributed by atoms with Crippen LogP contribution >= 0.6 is 27.5 Å². The SMILES string of the molecule is CCOc1ccc(NCc2cc(Cl)ccc2Br)c(C)c1. The molecule has 4 heteroatoms. The predicted octanol–water partition coefficient (Wildman–Crippen LogP) is 5.42. The van der Waals surface area contributed by atoms with E-state index in [2.05, 4.69) is 28.2 Å². The molecule has 0 atom stereocenters. The molecule has 2 aromatic rings. The maximum atomic E-state index is 6.02. The van der Waals surface area contributed by atoms with Crippen LogP contribution < -0.4 is 10.1 Å². The summed E-state index contributed by atoms with van der Waals surface area (Å²) in [5.41, 5.74) is 3.39. The van der Waals surface area contributed by atoms with E-state index >= 15 is 0 Å². The molecule has 0 aliphatic carbocycles. The lowest BCUT2D eigenvalue weighted by atomic mass is 10.1. The number of halogens is 2. The number of hydrogen-bond donors (Lipinski definition) is 1. The number of nitrogens with one attached hydrogen (secondary N) is 1. The lowest BCUT2D eigenvalue weighted by Gasteiger charge is -2.12. The Labute approximate surface area is 133 Å². The molecule has 0 fully saturated rings. The van der Waals surface area contributed by atoms with Crippen molar-refractivity contribution in [3.63, 3.8) is 0 Å². The summed E-state index contributed by atoms with van der Waals surface area (Å²) < 4.78 is 6.54. The summed E-state index contributed by atoms with van der Waals surface area (Å²) in [6, 6.07) is 11.9. The van der Waals surface area contributed by atoms with Crippen molar-refractivity contribution < 1.29 is 4.74 Å². The van der Waals surface area contributed by atoms with Crippen LogP contribution in [0.15, 0.2) is 40.9 Å². The van der Waals surface area contributed by atoms with Gasteiger partial charge in [0.25, 0.3) is 0 Å². The van der Waals surface area contributed by atoms with Crippen molar-refractivity contribution in [2.75, 3.05) is 11.9 Å². The van der Waals surface area contributed by atoms with E-state index in [0.717, 1.165) is 38.6 Å². The lowest BCUT2D eigenvalue weighted by molar-refractivity contribution is 0.340. The predicted molar refractivity (Wildman–Crippen MR) is 88.8 cm³/mol. The molecule has 0 aromatic heterocycles. The minimum absolute atomic E-state index is 0.682. The Morgan fingerprint density at radius 3 is 2.70 bits per heavy atom. The highest BCUT2D eigenvalue weighted by atomic mass is 79.9. The number of benzene rings is 2. The van der Waals surface area contributed by atoms with Crippen LogP contribution in [0.4, 0.5) is 5.69 Å². The molecule has 0 bridgehead atoms. The van der Waals surface area contributed by atoms with Gasteiger partial charge in [-0.3, -0.25) is 0 Å². The van der Waals surface area contributed by atoms with E-state index in [9.17, 15) is 0 Å². The summed E-state index contributed by atoms with van der Waals surface area (Å²) in [6.45, 7) is 5.45. The molecule has 0 aliphatic rings. The van der Waals surface area contributed by atoms with Gasteiger partial charge in [0.2, 0.25) is 0 Å². The standard InChI is InChI=1S/C16H17BrClNO/c1-3-20-14-5-7-16(11(2)8-14)19-10-12-9-13(18)4-6-15(12)17/h4-9,19H,3,10H2,1-2H3. The zero-order valence-corrected chi connectivity index (χ0v) is 13.9. The Morgan fingerprint density at radius 2 is 2.00 bits per heavy atom. The summed E-state index contributed by atoms with van der Waals surface area (Å²) in [5, 5.41) is 4.17. The van der Waals surface area contributed by atoms with Crippen molar-refractivity contribution in [2.45, 2.75) is 20.4 Å². The van der Waals surface area contributed by atoms with Gasteiger partial charge in [0.05, 0.1) is 6.61 Å². The van der Waals surface area contributed by atoms with Crippen molar-refractivity contribution in [1.29, 1.82) is 0 Å². The van der Waals surface area contributed by atoms with Crippen LogP contribution in [-0.2, 0) is 6.54 Å². The summed E-state index contributed by atoms with van der Waals surface area (Å²) in [7, 11) is 0. The van der Waals surface area contributed by atoms with E-state index in [1.807, 2.05) is 43.3 Å². The molecule has 2 nitrogen and oxygen atoms in total. The quantitative estimate of drug-likeness (QED) is 0.774. The van der Waals surface area contributed by atoms with Crippen molar-refractivity contribution in [1.82, 2.24) is 0 Å².